The number of ether oxygens (including phenoxy) is 1. The number of rotatable bonds is 3. The van der Waals surface area contributed by atoms with E-state index in [0.717, 1.165) is 0 Å². The number of nitrogens with zero attached hydrogens (tertiary/aromatic N) is 1. The third kappa shape index (κ3) is 2.65. The number of hydrogen-bond donors (Lipinski definition) is 2. The van der Waals surface area contributed by atoms with Crippen LogP contribution >= 0.6 is 15.9 Å². The van der Waals surface area contributed by atoms with E-state index in [-0.39, 0.29) is 17.3 Å². The smallest absolute Gasteiger partial charge is 0.156 e. The van der Waals surface area contributed by atoms with Gasteiger partial charge in [0, 0.05) is 6.20 Å². The van der Waals surface area contributed by atoms with Crippen molar-refractivity contribution in [2.45, 2.75) is 0 Å². The fraction of sp³-hybridized carbons (Fsp3) is 0. The van der Waals surface area contributed by atoms with Crippen LogP contribution in [0, 0.1) is 11.2 Å². The Labute approximate surface area is 111 Å². The summed E-state index contributed by atoms with van der Waals surface area (Å²) in [7, 11) is 0. The van der Waals surface area contributed by atoms with Crippen LogP contribution in [0.5, 0.6) is 11.5 Å². The molecular weight excluding hydrogens is 301 g/mol. The van der Waals surface area contributed by atoms with Crippen LogP contribution in [0.15, 0.2) is 41.0 Å². The van der Waals surface area contributed by atoms with E-state index in [4.69, 9.17) is 15.9 Å². The summed E-state index contributed by atoms with van der Waals surface area (Å²) in [5.74, 6) is 0.209. The lowest BCUT2D eigenvalue weighted by Crippen LogP contribution is -2.14. The standard InChI is InChI=1S/C12H9BrFN3O/c13-8-6-7(14)3-4-9(8)18-10-2-1-5-17-11(10)12(15)16/h1-6H,(H3,15,16). The molecular formula is C12H9BrFN3O. The number of aromatic nitrogens is 1. The minimum absolute atomic E-state index is 0.191. The van der Waals surface area contributed by atoms with E-state index in [9.17, 15) is 4.39 Å². The summed E-state index contributed by atoms with van der Waals surface area (Å²) in [5.41, 5.74) is 5.64. The van der Waals surface area contributed by atoms with E-state index in [2.05, 4.69) is 20.9 Å². The molecule has 0 amide bonds. The van der Waals surface area contributed by atoms with Crippen LogP contribution in [0.1, 0.15) is 5.69 Å². The highest BCUT2D eigenvalue weighted by Gasteiger charge is 2.10. The molecule has 0 saturated heterocycles. The minimum atomic E-state index is -0.368. The van der Waals surface area contributed by atoms with Crippen LogP contribution in [0.25, 0.3) is 0 Å². The zero-order valence-electron chi connectivity index (χ0n) is 9.15. The van der Waals surface area contributed by atoms with Crippen LogP contribution in [0.3, 0.4) is 0 Å². The SMILES string of the molecule is N=C(N)c1ncccc1Oc1ccc(F)cc1Br. The summed E-state index contributed by atoms with van der Waals surface area (Å²) in [6, 6.07) is 7.36. The molecule has 0 radical (unpaired) electrons. The van der Waals surface area contributed by atoms with Crippen molar-refractivity contribution in [1.29, 1.82) is 5.41 Å². The number of benzene rings is 1. The second-order valence-corrected chi connectivity index (χ2v) is 4.29. The van der Waals surface area contributed by atoms with E-state index >= 15 is 0 Å². The number of pyridine rings is 1. The molecule has 0 aliphatic rings. The average Bonchev–Trinajstić information content (AvgIpc) is 2.33. The van der Waals surface area contributed by atoms with Crippen LogP contribution in [-0.2, 0) is 0 Å². The topological polar surface area (TPSA) is 72.0 Å². The highest BCUT2D eigenvalue weighted by Crippen LogP contribution is 2.31. The highest BCUT2D eigenvalue weighted by molar-refractivity contribution is 9.10. The van der Waals surface area contributed by atoms with Crippen molar-refractivity contribution in [1.82, 2.24) is 4.98 Å². The molecule has 2 aromatic rings. The van der Waals surface area contributed by atoms with Gasteiger partial charge in [0.1, 0.15) is 23.1 Å². The molecule has 0 spiro atoms. The first kappa shape index (κ1) is 12.5. The molecule has 6 heteroatoms. The first-order valence-electron chi connectivity index (χ1n) is 5.00. The molecule has 0 saturated carbocycles. The highest BCUT2D eigenvalue weighted by atomic mass is 79.9. The number of nitrogens with one attached hydrogen (secondary N) is 1. The minimum Gasteiger partial charge on any atom is -0.454 e. The molecule has 4 nitrogen and oxygen atoms in total. The van der Waals surface area contributed by atoms with Crippen molar-refractivity contribution >= 4 is 21.8 Å². The quantitative estimate of drug-likeness (QED) is 0.676. The molecule has 3 N–H and O–H groups in total. The van der Waals surface area contributed by atoms with Gasteiger partial charge in [-0.15, -0.1) is 0 Å². The van der Waals surface area contributed by atoms with Gasteiger partial charge >= 0.3 is 0 Å². The Bertz CT molecular complexity index is 604. The third-order valence-electron chi connectivity index (χ3n) is 2.14. The predicted octanol–water partition coefficient (Wildman–Crippen LogP) is 3.06. The molecule has 92 valence electrons. The number of nitrogens with two attached hydrogens (primary N) is 1. The van der Waals surface area contributed by atoms with Gasteiger partial charge in [-0.25, -0.2) is 9.37 Å². The fourth-order valence-corrected chi connectivity index (χ4v) is 1.78. The number of hydrogen-bond acceptors (Lipinski definition) is 3. The van der Waals surface area contributed by atoms with Gasteiger partial charge in [-0.2, -0.15) is 0 Å². The largest absolute Gasteiger partial charge is 0.454 e. The zero-order valence-corrected chi connectivity index (χ0v) is 10.7. The summed E-state index contributed by atoms with van der Waals surface area (Å²) < 4.78 is 19.0. The maximum atomic E-state index is 12.9. The summed E-state index contributed by atoms with van der Waals surface area (Å²) in [4.78, 5) is 3.96. The molecule has 18 heavy (non-hydrogen) atoms. The molecule has 2 rings (SSSR count). The van der Waals surface area contributed by atoms with Gasteiger partial charge < -0.3 is 10.5 Å². The van der Waals surface area contributed by atoms with Gasteiger partial charge in [0.15, 0.2) is 5.75 Å². The Balaban J connectivity index is 2.37. The van der Waals surface area contributed by atoms with Crippen LogP contribution in [-0.4, -0.2) is 10.8 Å². The Morgan fingerprint density at radius 3 is 2.78 bits per heavy atom. The lowest BCUT2D eigenvalue weighted by molar-refractivity contribution is 0.473. The summed E-state index contributed by atoms with van der Waals surface area (Å²) in [6.07, 6.45) is 1.52. The lowest BCUT2D eigenvalue weighted by Gasteiger charge is -2.10. The Kier molecular flexibility index (Phi) is 3.57. The molecule has 1 aromatic carbocycles. The van der Waals surface area contributed by atoms with E-state index in [0.29, 0.717) is 16.0 Å². The molecule has 1 aromatic heterocycles. The van der Waals surface area contributed by atoms with Gasteiger partial charge in [-0.1, -0.05) is 0 Å². The zero-order chi connectivity index (χ0) is 13.1. The molecule has 0 fully saturated rings. The molecule has 0 aliphatic carbocycles. The van der Waals surface area contributed by atoms with Gasteiger partial charge in [0.2, 0.25) is 0 Å². The van der Waals surface area contributed by atoms with Crippen LogP contribution in [0.2, 0.25) is 0 Å². The monoisotopic (exact) mass is 309 g/mol. The number of halogens is 2. The van der Waals surface area contributed by atoms with Gasteiger partial charge in [-0.3, -0.25) is 5.41 Å². The summed E-state index contributed by atoms with van der Waals surface area (Å²) in [5, 5.41) is 7.39. The van der Waals surface area contributed by atoms with E-state index < -0.39 is 0 Å². The van der Waals surface area contributed by atoms with Crippen LogP contribution < -0.4 is 10.5 Å². The van der Waals surface area contributed by atoms with E-state index in [1.807, 2.05) is 0 Å². The Morgan fingerprint density at radius 1 is 1.33 bits per heavy atom. The summed E-state index contributed by atoms with van der Waals surface area (Å²) >= 11 is 3.20. The van der Waals surface area contributed by atoms with Crippen molar-refractivity contribution in [2.75, 3.05) is 0 Å². The second-order valence-electron chi connectivity index (χ2n) is 3.44. The fourth-order valence-electron chi connectivity index (χ4n) is 1.35. The van der Waals surface area contributed by atoms with E-state index in [1.54, 1.807) is 12.1 Å². The summed E-state index contributed by atoms with van der Waals surface area (Å²) in [6.45, 7) is 0. The second kappa shape index (κ2) is 5.14. The number of nitrogen functional groups attached to an aromatic ring is 1. The molecule has 1 heterocycles. The Hall–Kier alpha value is -1.95. The van der Waals surface area contributed by atoms with Crippen molar-refractivity contribution in [3.8, 4) is 11.5 Å². The predicted molar refractivity (Wildman–Crippen MR) is 69.4 cm³/mol. The first-order valence-corrected chi connectivity index (χ1v) is 5.79. The first-order chi connectivity index (χ1) is 8.58. The van der Waals surface area contributed by atoms with Gasteiger partial charge in [-0.05, 0) is 46.3 Å². The van der Waals surface area contributed by atoms with Crippen LogP contribution in [0.4, 0.5) is 4.39 Å². The molecule has 0 aliphatic heterocycles. The van der Waals surface area contributed by atoms with Gasteiger partial charge in [0.25, 0.3) is 0 Å². The third-order valence-corrected chi connectivity index (χ3v) is 2.76. The van der Waals surface area contributed by atoms with Crippen molar-refractivity contribution < 1.29 is 9.13 Å². The number of amidine groups is 1. The molecule has 0 atom stereocenters. The molecule has 0 unspecified atom stereocenters. The maximum Gasteiger partial charge on any atom is 0.156 e. The van der Waals surface area contributed by atoms with Crippen molar-refractivity contribution in [3.63, 3.8) is 0 Å². The normalized spacial score (nSPS) is 10.1. The van der Waals surface area contributed by atoms with Gasteiger partial charge in [0.05, 0.1) is 4.47 Å². The lowest BCUT2D eigenvalue weighted by atomic mass is 10.3. The Morgan fingerprint density at radius 2 is 2.11 bits per heavy atom. The molecule has 0 bridgehead atoms. The average molecular weight is 310 g/mol. The van der Waals surface area contributed by atoms with Crippen molar-refractivity contribution in [2.24, 2.45) is 5.73 Å². The van der Waals surface area contributed by atoms with Crippen molar-refractivity contribution in [3.05, 3.63) is 52.5 Å². The maximum absolute atomic E-state index is 12.9. The van der Waals surface area contributed by atoms with E-state index in [1.165, 1.54) is 24.4 Å².